The van der Waals surface area contributed by atoms with Crippen LogP contribution in [-0.4, -0.2) is 12.5 Å². The van der Waals surface area contributed by atoms with Gasteiger partial charge in [0.2, 0.25) is 5.91 Å². The Morgan fingerprint density at radius 1 is 1.56 bits per heavy atom. The van der Waals surface area contributed by atoms with E-state index in [4.69, 9.17) is 0 Å². The second-order valence-electron chi connectivity index (χ2n) is 1.70. The Morgan fingerprint density at radius 3 is 2.22 bits per heavy atom. The first-order valence-electron chi connectivity index (χ1n) is 2.87. The fourth-order valence-electron chi connectivity index (χ4n) is 0.565. The van der Waals surface area contributed by atoms with E-state index in [2.05, 4.69) is 24.2 Å². The predicted molar refractivity (Wildman–Crippen MR) is 37.0 cm³/mol. The summed E-state index contributed by atoms with van der Waals surface area (Å²) in [6.07, 6.45) is 1.76. The van der Waals surface area contributed by atoms with Gasteiger partial charge in [-0.1, -0.05) is 13.2 Å². The monoisotopic (exact) mass is 125 g/mol. The molecule has 0 aromatic heterocycles. The number of hydrogen-bond acceptors (Lipinski definition) is 1. The fourth-order valence-corrected chi connectivity index (χ4v) is 0.565. The van der Waals surface area contributed by atoms with E-state index in [-0.39, 0.29) is 5.91 Å². The van der Waals surface area contributed by atoms with Gasteiger partial charge in [-0.05, 0) is 6.42 Å². The van der Waals surface area contributed by atoms with Crippen LogP contribution >= 0.6 is 0 Å². The van der Waals surface area contributed by atoms with E-state index in [0.29, 0.717) is 0 Å². The Kier molecular flexibility index (Phi) is 4.56. The molecule has 1 N–H and O–H groups in total. The summed E-state index contributed by atoms with van der Waals surface area (Å²) in [5, 5.41) is 2.68. The Hall–Kier alpha value is -1.01. The predicted octanol–water partition coefficient (Wildman–Crippen LogP) is 0.854. The molecule has 2 nitrogen and oxygen atoms in total. The SMILES string of the molecule is C=C=C.O=C1CCCN1. The van der Waals surface area contributed by atoms with Gasteiger partial charge in [0.25, 0.3) is 0 Å². The third-order valence-corrected chi connectivity index (χ3v) is 0.903. The first kappa shape index (κ1) is 7.99. The molecule has 1 fully saturated rings. The Morgan fingerprint density at radius 2 is 2.11 bits per heavy atom. The van der Waals surface area contributed by atoms with Crippen molar-refractivity contribution in [2.75, 3.05) is 6.54 Å². The maximum Gasteiger partial charge on any atom is 0.220 e. The number of carbonyl (C=O) groups is 1. The molecule has 0 spiro atoms. The maximum absolute atomic E-state index is 10.1. The molecule has 1 rings (SSSR count). The Labute approximate surface area is 55.3 Å². The molecule has 0 aliphatic carbocycles. The fraction of sp³-hybridized carbons (Fsp3) is 0.429. The van der Waals surface area contributed by atoms with Gasteiger partial charge in [0.1, 0.15) is 0 Å². The van der Waals surface area contributed by atoms with E-state index in [9.17, 15) is 4.79 Å². The summed E-state index contributed by atoms with van der Waals surface area (Å²) in [7, 11) is 0. The molecule has 1 heterocycles. The molecule has 1 amide bonds. The van der Waals surface area contributed by atoms with Crippen molar-refractivity contribution in [1.29, 1.82) is 0 Å². The van der Waals surface area contributed by atoms with Crippen molar-refractivity contribution >= 4 is 5.91 Å². The molecule has 1 aliphatic rings. The summed E-state index contributed by atoms with van der Waals surface area (Å²) in [5.41, 5.74) is 2.25. The van der Waals surface area contributed by atoms with Crippen LogP contribution < -0.4 is 5.32 Å². The average molecular weight is 125 g/mol. The zero-order chi connectivity index (χ0) is 7.11. The molecule has 0 radical (unpaired) electrons. The van der Waals surface area contributed by atoms with Gasteiger partial charge in [0.05, 0.1) is 0 Å². The van der Waals surface area contributed by atoms with E-state index >= 15 is 0 Å². The van der Waals surface area contributed by atoms with Crippen molar-refractivity contribution in [3.05, 3.63) is 18.9 Å². The lowest BCUT2D eigenvalue weighted by Crippen LogP contribution is -2.12. The summed E-state index contributed by atoms with van der Waals surface area (Å²) in [6, 6.07) is 0. The number of amides is 1. The van der Waals surface area contributed by atoms with Crippen molar-refractivity contribution in [1.82, 2.24) is 5.32 Å². The van der Waals surface area contributed by atoms with E-state index in [0.717, 1.165) is 19.4 Å². The summed E-state index contributed by atoms with van der Waals surface area (Å²) in [6.45, 7) is 7.14. The van der Waals surface area contributed by atoms with Crippen molar-refractivity contribution in [3.63, 3.8) is 0 Å². The third kappa shape index (κ3) is 4.85. The first-order valence-corrected chi connectivity index (χ1v) is 2.87. The van der Waals surface area contributed by atoms with Gasteiger partial charge in [-0.15, -0.1) is 5.73 Å². The minimum Gasteiger partial charge on any atom is -0.356 e. The van der Waals surface area contributed by atoms with Gasteiger partial charge in [-0.25, -0.2) is 0 Å². The van der Waals surface area contributed by atoms with Crippen LogP contribution in [0.25, 0.3) is 0 Å². The smallest absolute Gasteiger partial charge is 0.220 e. The molecule has 1 saturated heterocycles. The van der Waals surface area contributed by atoms with E-state index in [1.54, 1.807) is 0 Å². The van der Waals surface area contributed by atoms with Crippen LogP contribution in [0.1, 0.15) is 12.8 Å². The van der Waals surface area contributed by atoms with Crippen LogP contribution in [0.2, 0.25) is 0 Å². The molecule has 0 bridgehead atoms. The molecule has 0 atom stereocenters. The minimum atomic E-state index is 0.204. The molecule has 50 valence electrons. The summed E-state index contributed by atoms with van der Waals surface area (Å²) >= 11 is 0. The second-order valence-corrected chi connectivity index (χ2v) is 1.70. The summed E-state index contributed by atoms with van der Waals surface area (Å²) in [5.74, 6) is 0.204. The van der Waals surface area contributed by atoms with Gasteiger partial charge in [-0.3, -0.25) is 4.79 Å². The highest BCUT2D eigenvalue weighted by atomic mass is 16.1. The third-order valence-electron chi connectivity index (χ3n) is 0.903. The van der Waals surface area contributed by atoms with E-state index in [1.807, 2.05) is 0 Å². The van der Waals surface area contributed by atoms with Crippen molar-refractivity contribution in [2.24, 2.45) is 0 Å². The minimum absolute atomic E-state index is 0.204. The van der Waals surface area contributed by atoms with Gasteiger partial charge in [0.15, 0.2) is 0 Å². The molecule has 1 aliphatic heterocycles. The van der Waals surface area contributed by atoms with Crippen molar-refractivity contribution in [3.8, 4) is 0 Å². The molecular weight excluding hydrogens is 114 g/mol. The second kappa shape index (κ2) is 5.13. The lowest BCUT2D eigenvalue weighted by atomic mass is 10.4. The molecule has 0 aromatic carbocycles. The number of hydrogen-bond donors (Lipinski definition) is 1. The highest BCUT2D eigenvalue weighted by Crippen LogP contribution is 1.93. The van der Waals surface area contributed by atoms with Crippen LogP contribution in [-0.2, 0) is 4.79 Å². The normalized spacial score (nSPS) is 14.9. The van der Waals surface area contributed by atoms with Gasteiger partial charge in [-0.2, -0.15) is 0 Å². The number of carbonyl (C=O) groups excluding carboxylic acids is 1. The van der Waals surface area contributed by atoms with Crippen molar-refractivity contribution < 1.29 is 4.79 Å². The van der Waals surface area contributed by atoms with Crippen LogP contribution in [0.3, 0.4) is 0 Å². The molecule has 0 saturated carbocycles. The number of rotatable bonds is 0. The molecular formula is C7H11NO. The van der Waals surface area contributed by atoms with Gasteiger partial charge in [0, 0.05) is 13.0 Å². The Balaban J connectivity index is 0.000000187. The number of nitrogens with one attached hydrogen (secondary N) is 1. The van der Waals surface area contributed by atoms with Gasteiger partial charge < -0.3 is 5.32 Å². The van der Waals surface area contributed by atoms with E-state index in [1.165, 1.54) is 0 Å². The first-order chi connectivity index (χ1) is 4.31. The maximum atomic E-state index is 10.1. The summed E-state index contributed by atoms with van der Waals surface area (Å²) < 4.78 is 0. The topological polar surface area (TPSA) is 29.1 Å². The highest BCUT2D eigenvalue weighted by molar-refractivity contribution is 5.77. The Bertz CT molecular complexity index is 115. The standard InChI is InChI=1S/C4H7NO.C3H4/c6-4-2-1-3-5-4;1-3-2/h1-3H2,(H,5,6);1-2H2. The highest BCUT2D eigenvalue weighted by Gasteiger charge is 2.05. The van der Waals surface area contributed by atoms with Crippen molar-refractivity contribution in [2.45, 2.75) is 12.8 Å². The lowest BCUT2D eigenvalue weighted by Gasteiger charge is -1.80. The van der Waals surface area contributed by atoms with Crippen LogP contribution in [0.15, 0.2) is 18.9 Å². The van der Waals surface area contributed by atoms with E-state index < -0.39 is 0 Å². The van der Waals surface area contributed by atoms with Crippen LogP contribution in [0, 0.1) is 0 Å². The quantitative estimate of drug-likeness (QED) is 0.478. The average Bonchev–Trinajstić information content (AvgIpc) is 2.20. The zero-order valence-electron chi connectivity index (χ0n) is 5.44. The van der Waals surface area contributed by atoms with Crippen LogP contribution in [0.4, 0.5) is 0 Å². The lowest BCUT2D eigenvalue weighted by molar-refractivity contribution is -0.119. The summed E-state index contributed by atoms with van der Waals surface area (Å²) in [4.78, 5) is 10.1. The van der Waals surface area contributed by atoms with Gasteiger partial charge >= 0.3 is 0 Å². The largest absolute Gasteiger partial charge is 0.356 e. The molecule has 2 heteroatoms. The zero-order valence-corrected chi connectivity index (χ0v) is 5.44. The molecule has 0 aromatic rings. The van der Waals surface area contributed by atoms with Crippen LogP contribution in [0.5, 0.6) is 0 Å². The molecule has 9 heavy (non-hydrogen) atoms. The molecule has 0 unspecified atom stereocenters.